The number of nitrogens with one attached hydrogen (secondary N) is 1. The van der Waals surface area contributed by atoms with E-state index in [0.717, 1.165) is 0 Å². The highest BCUT2D eigenvalue weighted by Gasteiger charge is 2.12. The summed E-state index contributed by atoms with van der Waals surface area (Å²) in [5.74, 6) is 0.204. The first-order valence-electron chi connectivity index (χ1n) is 7.19. The highest BCUT2D eigenvalue weighted by atomic mass is 16.5. The summed E-state index contributed by atoms with van der Waals surface area (Å²) in [5.41, 5.74) is 0.697. The highest BCUT2D eigenvalue weighted by Crippen LogP contribution is 2.23. The molecular weight excluding hydrogens is 294 g/mol. The molecule has 1 amide bonds. The number of nitrogens with zero attached hydrogens (tertiary/aromatic N) is 2. The Hall–Kier alpha value is -3.07. The van der Waals surface area contributed by atoms with Crippen molar-refractivity contribution in [2.75, 3.05) is 11.9 Å². The molecule has 0 aliphatic carbocycles. The smallest absolute Gasteiger partial charge is 0.269 e. The maximum absolute atomic E-state index is 12.2. The average molecular weight is 311 g/mol. The first kappa shape index (κ1) is 16.3. The summed E-state index contributed by atoms with van der Waals surface area (Å²) in [5, 5.41) is 11.6. The third-order valence-electron chi connectivity index (χ3n) is 3.28. The number of hydrogen-bond donors (Lipinski definition) is 1. The lowest BCUT2D eigenvalue weighted by molar-refractivity contribution is -0.116. The minimum Gasteiger partial charge on any atom is -0.492 e. The van der Waals surface area contributed by atoms with Gasteiger partial charge in [0.1, 0.15) is 23.9 Å². The SMILES string of the molecule is CCOc1ccccc1NC(=O)Cn1c(C)ccc(C#N)c1=O. The number of carbonyl (C=O) groups excluding carboxylic acids is 1. The van der Waals surface area contributed by atoms with E-state index in [1.807, 2.05) is 19.1 Å². The molecule has 0 spiro atoms. The van der Waals surface area contributed by atoms with Gasteiger partial charge in [-0.15, -0.1) is 0 Å². The van der Waals surface area contributed by atoms with Crippen LogP contribution in [0.2, 0.25) is 0 Å². The van der Waals surface area contributed by atoms with Gasteiger partial charge in [-0.05, 0) is 38.1 Å². The van der Waals surface area contributed by atoms with Crippen LogP contribution in [0.25, 0.3) is 0 Å². The van der Waals surface area contributed by atoms with E-state index in [4.69, 9.17) is 10.00 Å². The Balaban J connectivity index is 2.22. The Kier molecular flexibility index (Phi) is 5.15. The largest absolute Gasteiger partial charge is 0.492 e. The molecule has 1 heterocycles. The molecule has 0 aliphatic rings. The molecule has 0 radical (unpaired) electrons. The Morgan fingerprint density at radius 1 is 1.30 bits per heavy atom. The lowest BCUT2D eigenvalue weighted by Crippen LogP contribution is -2.30. The summed E-state index contributed by atoms with van der Waals surface area (Å²) in [7, 11) is 0. The van der Waals surface area contributed by atoms with Gasteiger partial charge in [0.05, 0.1) is 12.3 Å². The number of amides is 1. The molecule has 1 aromatic heterocycles. The third kappa shape index (κ3) is 3.77. The first-order valence-corrected chi connectivity index (χ1v) is 7.19. The predicted octanol–water partition coefficient (Wildman–Crippen LogP) is 2.07. The lowest BCUT2D eigenvalue weighted by Gasteiger charge is -2.13. The summed E-state index contributed by atoms with van der Waals surface area (Å²) in [4.78, 5) is 24.3. The number of aryl methyl sites for hydroxylation is 1. The molecule has 0 bridgehead atoms. The first-order chi connectivity index (χ1) is 11.1. The van der Waals surface area contributed by atoms with Crippen molar-refractivity contribution in [3.63, 3.8) is 0 Å². The molecule has 2 aromatic rings. The molecule has 2 rings (SSSR count). The molecule has 6 heteroatoms. The van der Waals surface area contributed by atoms with Crippen LogP contribution in [0.15, 0.2) is 41.2 Å². The van der Waals surface area contributed by atoms with Crippen molar-refractivity contribution >= 4 is 11.6 Å². The molecule has 23 heavy (non-hydrogen) atoms. The second-order valence-corrected chi connectivity index (χ2v) is 4.87. The van der Waals surface area contributed by atoms with Crippen LogP contribution in [0.5, 0.6) is 5.75 Å². The van der Waals surface area contributed by atoms with Gasteiger partial charge >= 0.3 is 0 Å². The quantitative estimate of drug-likeness (QED) is 0.916. The zero-order chi connectivity index (χ0) is 16.8. The van der Waals surface area contributed by atoms with Gasteiger partial charge in [-0.3, -0.25) is 9.59 Å². The van der Waals surface area contributed by atoms with Gasteiger partial charge in [0.15, 0.2) is 0 Å². The van der Waals surface area contributed by atoms with Gasteiger partial charge in [-0.1, -0.05) is 12.1 Å². The van der Waals surface area contributed by atoms with E-state index in [-0.39, 0.29) is 18.0 Å². The van der Waals surface area contributed by atoms with Crippen LogP contribution in [0, 0.1) is 18.3 Å². The number of carbonyl (C=O) groups is 1. The van der Waals surface area contributed by atoms with E-state index in [0.29, 0.717) is 23.7 Å². The summed E-state index contributed by atoms with van der Waals surface area (Å²) >= 11 is 0. The molecule has 0 saturated heterocycles. The van der Waals surface area contributed by atoms with E-state index >= 15 is 0 Å². The van der Waals surface area contributed by atoms with Crippen LogP contribution in [-0.4, -0.2) is 17.1 Å². The van der Waals surface area contributed by atoms with Gasteiger partial charge in [0.2, 0.25) is 5.91 Å². The fourth-order valence-corrected chi connectivity index (χ4v) is 2.14. The Labute approximate surface area is 133 Å². The maximum Gasteiger partial charge on any atom is 0.269 e. The fraction of sp³-hybridized carbons (Fsp3) is 0.235. The van der Waals surface area contributed by atoms with Crippen molar-refractivity contribution in [2.45, 2.75) is 20.4 Å². The van der Waals surface area contributed by atoms with Crippen LogP contribution < -0.4 is 15.6 Å². The van der Waals surface area contributed by atoms with Gasteiger partial charge in [0.25, 0.3) is 5.56 Å². The lowest BCUT2D eigenvalue weighted by atomic mass is 10.2. The zero-order valence-electron chi connectivity index (χ0n) is 13.0. The Bertz CT molecular complexity index is 819. The number of rotatable bonds is 5. The molecule has 1 aromatic carbocycles. The summed E-state index contributed by atoms with van der Waals surface area (Å²) < 4.78 is 6.72. The molecule has 0 unspecified atom stereocenters. The summed E-state index contributed by atoms with van der Waals surface area (Å²) in [6.07, 6.45) is 0. The fourth-order valence-electron chi connectivity index (χ4n) is 2.14. The van der Waals surface area contributed by atoms with Gasteiger partial charge in [0, 0.05) is 5.69 Å². The standard InChI is InChI=1S/C17H17N3O3/c1-3-23-15-7-5-4-6-14(15)19-16(21)11-20-12(2)8-9-13(10-18)17(20)22/h4-9H,3,11H2,1-2H3,(H,19,21). The average Bonchev–Trinajstić information content (AvgIpc) is 2.54. The van der Waals surface area contributed by atoms with Crippen molar-refractivity contribution in [2.24, 2.45) is 0 Å². The van der Waals surface area contributed by atoms with Crippen LogP contribution >= 0.6 is 0 Å². The minimum absolute atomic E-state index is 0.0121. The zero-order valence-corrected chi connectivity index (χ0v) is 13.0. The topological polar surface area (TPSA) is 84.1 Å². The van der Waals surface area contributed by atoms with Crippen molar-refractivity contribution < 1.29 is 9.53 Å². The number of pyridine rings is 1. The second-order valence-electron chi connectivity index (χ2n) is 4.87. The summed E-state index contributed by atoms with van der Waals surface area (Å²) in [6.45, 7) is 3.88. The maximum atomic E-state index is 12.2. The Morgan fingerprint density at radius 3 is 2.74 bits per heavy atom. The van der Waals surface area contributed by atoms with Gasteiger partial charge < -0.3 is 14.6 Å². The number of hydrogen-bond acceptors (Lipinski definition) is 4. The van der Waals surface area contributed by atoms with E-state index in [2.05, 4.69) is 5.32 Å². The summed E-state index contributed by atoms with van der Waals surface area (Å²) in [6, 6.07) is 12.0. The van der Waals surface area contributed by atoms with E-state index < -0.39 is 5.56 Å². The molecule has 0 fully saturated rings. The molecule has 118 valence electrons. The number of anilines is 1. The van der Waals surface area contributed by atoms with Crippen molar-refractivity contribution in [1.29, 1.82) is 5.26 Å². The number of aromatic nitrogens is 1. The van der Waals surface area contributed by atoms with Crippen molar-refractivity contribution in [3.05, 3.63) is 58.0 Å². The van der Waals surface area contributed by atoms with E-state index in [1.54, 1.807) is 31.2 Å². The molecule has 0 atom stereocenters. The van der Waals surface area contributed by atoms with Crippen molar-refractivity contribution in [1.82, 2.24) is 4.57 Å². The van der Waals surface area contributed by atoms with Crippen LogP contribution in [0.1, 0.15) is 18.2 Å². The van der Waals surface area contributed by atoms with E-state index in [1.165, 1.54) is 10.6 Å². The predicted molar refractivity (Wildman–Crippen MR) is 86.4 cm³/mol. The van der Waals surface area contributed by atoms with Crippen LogP contribution in [0.3, 0.4) is 0 Å². The molecule has 6 nitrogen and oxygen atoms in total. The number of nitriles is 1. The van der Waals surface area contributed by atoms with Crippen LogP contribution in [0.4, 0.5) is 5.69 Å². The minimum atomic E-state index is -0.472. The monoisotopic (exact) mass is 311 g/mol. The normalized spacial score (nSPS) is 9.96. The molecule has 0 aliphatic heterocycles. The number of benzene rings is 1. The van der Waals surface area contributed by atoms with Gasteiger partial charge in [-0.2, -0.15) is 5.26 Å². The Morgan fingerprint density at radius 2 is 2.04 bits per heavy atom. The highest BCUT2D eigenvalue weighted by molar-refractivity contribution is 5.92. The van der Waals surface area contributed by atoms with Gasteiger partial charge in [-0.25, -0.2) is 0 Å². The van der Waals surface area contributed by atoms with Crippen LogP contribution in [-0.2, 0) is 11.3 Å². The third-order valence-corrected chi connectivity index (χ3v) is 3.28. The second kappa shape index (κ2) is 7.27. The number of ether oxygens (including phenoxy) is 1. The van der Waals surface area contributed by atoms with E-state index in [9.17, 15) is 9.59 Å². The molecule has 1 N–H and O–H groups in total. The molecule has 0 saturated carbocycles. The molecular formula is C17H17N3O3. The van der Waals surface area contributed by atoms with Crippen molar-refractivity contribution in [3.8, 4) is 11.8 Å². The number of para-hydroxylation sites is 2.